The first-order chi connectivity index (χ1) is 6.90. The maximum atomic E-state index is 11.8. The fraction of sp³-hybridized carbons (Fsp3) is 0.333. The van der Waals surface area contributed by atoms with Crippen molar-refractivity contribution in [1.82, 2.24) is 4.98 Å². The second-order valence-corrected chi connectivity index (χ2v) is 2.97. The predicted octanol–water partition coefficient (Wildman–Crippen LogP) is 2.19. The van der Waals surface area contributed by atoms with Crippen molar-refractivity contribution in [3.05, 3.63) is 23.9 Å². The normalized spacial score (nSPS) is 11.4. The molecule has 0 unspecified atom stereocenters. The molecule has 1 aromatic rings. The van der Waals surface area contributed by atoms with Crippen LogP contribution in [0.4, 0.5) is 19.0 Å². The number of nitrogens with zero attached hydrogens (tertiary/aromatic N) is 1. The summed E-state index contributed by atoms with van der Waals surface area (Å²) < 4.78 is 35.5. The molecule has 6 heteroatoms. The molecule has 82 valence electrons. The summed E-state index contributed by atoms with van der Waals surface area (Å²) in [5, 5.41) is 0. The first-order valence-electron chi connectivity index (χ1n) is 4.20. The Morgan fingerprint density at radius 1 is 1.47 bits per heavy atom. The number of carbonyl (C=O) groups is 1. The molecule has 0 saturated heterocycles. The third-order valence-electron chi connectivity index (χ3n) is 1.77. The van der Waals surface area contributed by atoms with E-state index in [2.05, 4.69) is 4.98 Å². The summed E-state index contributed by atoms with van der Waals surface area (Å²) in [6.45, 7) is 0. The van der Waals surface area contributed by atoms with Crippen LogP contribution in [0, 0.1) is 0 Å². The van der Waals surface area contributed by atoms with Gasteiger partial charge in [0, 0.05) is 12.6 Å². The average molecular weight is 218 g/mol. The van der Waals surface area contributed by atoms with Crippen LogP contribution in [0.3, 0.4) is 0 Å². The van der Waals surface area contributed by atoms with Crippen molar-refractivity contribution in [2.75, 3.05) is 5.73 Å². The zero-order chi connectivity index (χ0) is 11.5. The van der Waals surface area contributed by atoms with Crippen LogP contribution in [-0.2, 0) is 0 Å². The van der Waals surface area contributed by atoms with Gasteiger partial charge >= 0.3 is 6.18 Å². The molecule has 2 N–H and O–H groups in total. The number of pyridine rings is 1. The molecule has 0 aliphatic heterocycles. The summed E-state index contributed by atoms with van der Waals surface area (Å²) >= 11 is 0. The summed E-state index contributed by atoms with van der Waals surface area (Å²) in [7, 11) is 0. The number of rotatable bonds is 3. The highest BCUT2D eigenvalue weighted by molar-refractivity contribution is 5.99. The van der Waals surface area contributed by atoms with Gasteiger partial charge < -0.3 is 5.73 Å². The molecule has 0 atom stereocenters. The predicted molar refractivity (Wildman–Crippen MR) is 48.3 cm³/mol. The first-order valence-corrected chi connectivity index (χ1v) is 4.20. The Kier molecular flexibility index (Phi) is 3.28. The Balaban J connectivity index is 2.66. The van der Waals surface area contributed by atoms with E-state index in [0.29, 0.717) is 0 Å². The molecule has 0 saturated carbocycles. The van der Waals surface area contributed by atoms with E-state index in [1.165, 1.54) is 18.3 Å². The minimum absolute atomic E-state index is 0.0373. The Morgan fingerprint density at radius 3 is 2.67 bits per heavy atom. The number of aromatic nitrogens is 1. The van der Waals surface area contributed by atoms with Gasteiger partial charge in [-0.15, -0.1) is 0 Å². The summed E-state index contributed by atoms with van der Waals surface area (Å²) in [4.78, 5) is 14.9. The highest BCUT2D eigenvalue weighted by atomic mass is 19.4. The Hall–Kier alpha value is -1.59. The van der Waals surface area contributed by atoms with Gasteiger partial charge in [0.1, 0.15) is 5.82 Å². The highest BCUT2D eigenvalue weighted by Crippen LogP contribution is 2.23. The van der Waals surface area contributed by atoms with Crippen LogP contribution in [0.5, 0.6) is 0 Å². The maximum Gasteiger partial charge on any atom is 0.389 e. The molecule has 0 aliphatic rings. The summed E-state index contributed by atoms with van der Waals surface area (Å²) in [5.41, 5.74) is 5.39. The van der Waals surface area contributed by atoms with Crippen molar-refractivity contribution in [3.63, 3.8) is 0 Å². The van der Waals surface area contributed by atoms with Gasteiger partial charge in [0.25, 0.3) is 0 Å². The summed E-state index contributed by atoms with van der Waals surface area (Å²) in [6.07, 6.45) is -4.69. The third kappa shape index (κ3) is 3.57. The van der Waals surface area contributed by atoms with Crippen LogP contribution in [-0.4, -0.2) is 16.9 Å². The topological polar surface area (TPSA) is 56.0 Å². The molecule has 0 fully saturated rings. The molecule has 3 nitrogen and oxygen atoms in total. The van der Waals surface area contributed by atoms with E-state index in [1.54, 1.807) is 0 Å². The first kappa shape index (κ1) is 11.5. The van der Waals surface area contributed by atoms with Crippen molar-refractivity contribution >= 4 is 11.6 Å². The molecule has 0 bridgehead atoms. The van der Waals surface area contributed by atoms with Crippen molar-refractivity contribution in [1.29, 1.82) is 0 Å². The average Bonchev–Trinajstić information content (AvgIpc) is 2.14. The lowest BCUT2D eigenvalue weighted by Gasteiger charge is -2.06. The van der Waals surface area contributed by atoms with Crippen LogP contribution >= 0.6 is 0 Å². The summed E-state index contributed by atoms with van der Waals surface area (Å²) in [6, 6.07) is 2.82. The van der Waals surface area contributed by atoms with Crippen molar-refractivity contribution < 1.29 is 18.0 Å². The van der Waals surface area contributed by atoms with Crippen LogP contribution in [0.1, 0.15) is 23.2 Å². The van der Waals surface area contributed by atoms with E-state index >= 15 is 0 Å². The number of Topliss-reactive ketones (excluding diaryl/α,β-unsaturated/α-hetero) is 1. The number of halogens is 3. The zero-order valence-electron chi connectivity index (χ0n) is 7.71. The molecule has 0 spiro atoms. The third-order valence-corrected chi connectivity index (χ3v) is 1.77. The maximum absolute atomic E-state index is 11.8. The van der Waals surface area contributed by atoms with Gasteiger partial charge in [0.05, 0.1) is 12.0 Å². The summed E-state index contributed by atoms with van der Waals surface area (Å²) in [5.74, 6) is -0.678. The molecular weight excluding hydrogens is 209 g/mol. The lowest BCUT2D eigenvalue weighted by atomic mass is 10.1. The van der Waals surface area contributed by atoms with E-state index < -0.39 is 24.8 Å². The van der Waals surface area contributed by atoms with Gasteiger partial charge in [-0.2, -0.15) is 13.2 Å². The standard InChI is InChI=1S/C9H9F3N2O/c10-9(11,12)4-3-7(15)6-2-1-5-14-8(6)13/h1-2,5H,3-4H2,(H2,13,14). The molecule has 0 amide bonds. The number of nitrogens with two attached hydrogens (primary N) is 1. The van der Waals surface area contributed by atoms with Crippen LogP contribution in [0.2, 0.25) is 0 Å². The molecule has 1 aromatic heterocycles. The molecule has 1 heterocycles. The SMILES string of the molecule is Nc1ncccc1C(=O)CCC(F)(F)F. The Bertz CT molecular complexity index is 363. The van der Waals surface area contributed by atoms with E-state index in [1.807, 2.05) is 0 Å². The van der Waals surface area contributed by atoms with Gasteiger partial charge in [-0.1, -0.05) is 0 Å². The van der Waals surface area contributed by atoms with E-state index in [0.717, 1.165) is 0 Å². The molecule has 0 radical (unpaired) electrons. The van der Waals surface area contributed by atoms with Gasteiger partial charge in [-0.3, -0.25) is 4.79 Å². The number of alkyl halides is 3. The van der Waals surface area contributed by atoms with Crippen molar-refractivity contribution in [3.8, 4) is 0 Å². The van der Waals surface area contributed by atoms with Gasteiger partial charge in [0.2, 0.25) is 0 Å². The van der Waals surface area contributed by atoms with Crippen LogP contribution in [0.25, 0.3) is 0 Å². The Labute approximate surface area is 84.1 Å². The lowest BCUT2D eigenvalue weighted by Crippen LogP contribution is -2.12. The number of nitrogen functional groups attached to an aromatic ring is 1. The van der Waals surface area contributed by atoms with Crippen molar-refractivity contribution in [2.45, 2.75) is 19.0 Å². The largest absolute Gasteiger partial charge is 0.389 e. The van der Waals surface area contributed by atoms with Crippen LogP contribution < -0.4 is 5.73 Å². The highest BCUT2D eigenvalue weighted by Gasteiger charge is 2.28. The van der Waals surface area contributed by atoms with Crippen LogP contribution in [0.15, 0.2) is 18.3 Å². The number of hydrogen-bond acceptors (Lipinski definition) is 3. The fourth-order valence-electron chi connectivity index (χ4n) is 1.04. The van der Waals surface area contributed by atoms with E-state index in [9.17, 15) is 18.0 Å². The second kappa shape index (κ2) is 4.29. The molecule has 1 rings (SSSR count). The fourth-order valence-corrected chi connectivity index (χ4v) is 1.04. The minimum atomic E-state index is -4.33. The molecule has 0 aromatic carbocycles. The lowest BCUT2D eigenvalue weighted by molar-refractivity contribution is -0.133. The number of carbonyl (C=O) groups excluding carboxylic acids is 1. The Morgan fingerprint density at radius 2 is 2.13 bits per heavy atom. The quantitative estimate of drug-likeness (QED) is 0.791. The molecule has 0 aliphatic carbocycles. The number of anilines is 1. The smallest absolute Gasteiger partial charge is 0.383 e. The second-order valence-electron chi connectivity index (χ2n) is 2.97. The van der Waals surface area contributed by atoms with E-state index in [4.69, 9.17) is 5.73 Å². The van der Waals surface area contributed by atoms with Gasteiger partial charge in [0.15, 0.2) is 5.78 Å². The van der Waals surface area contributed by atoms with Gasteiger partial charge in [-0.25, -0.2) is 4.98 Å². The monoisotopic (exact) mass is 218 g/mol. The molecular formula is C9H9F3N2O. The van der Waals surface area contributed by atoms with Gasteiger partial charge in [-0.05, 0) is 12.1 Å². The minimum Gasteiger partial charge on any atom is -0.383 e. The number of hydrogen-bond donors (Lipinski definition) is 1. The van der Waals surface area contributed by atoms with E-state index in [-0.39, 0.29) is 11.4 Å². The molecule has 15 heavy (non-hydrogen) atoms. The number of ketones is 1. The zero-order valence-corrected chi connectivity index (χ0v) is 7.71. The van der Waals surface area contributed by atoms with Crippen molar-refractivity contribution in [2.24, 2.45) is 0 Å².